The normalized spacial score (nSPS) is 19.0. The first kappa shape index (κ1) is 15.1. The average Bonchev–Trinajstić information content (AvgIpc) is 3.02. The standard InChI is InChI=1S/C16H22N2O4/c1-17-9-15(19)18-10-16(4-6-20-7-5-16)12-2-3-13-14(8-12)22-11-21-13/h2-3,8,17H,4-7,9-11H2,1H3,(H,18,19). The van der Waals surface area contributed by atoms with Gasteiger partial charge in [0.15, 0.2) is 11.5 Å². The molecule has 0 aliphatic carbocycles. The zero-order valence-electron chi connectivity index (χ0n) is 12.8. The van der Waals surface area contributed by atoms with Crippen LogP contribution in [0.4, 0.5) is 0 Å². The number of ether oxygens (including phenoxy) is 3. The Balaban J connectivity index is 1.80. The fraction of sp³-hybridized carbons (Fsp3) is 0.562. The maximum atomic E-state index is 11.8. The molecule has 6 nitrogen and oxygen atoms in total. The molecular weight excluding hydrogens is 284 g/mol. The van der Waals surface area contributed by atoms with Crippen molar-refractivity contribution < 1.29 is 19.0 Å². The van der Waals surface area contributed by atoms with Gasteiger partial charge in [0, 0.05) is 25.2 Å². The van der Waals surface area contributed by atoms with Gasteiger partial charge in [-0.05, 0) is 37.6 Å². The third-order valence-electron chi connectivity index (χ3n) is 4.40. The van der Waals surface area contributed by atoms with Gasteiger partial charge in [0.05, 0.1) is 6.54 Å². The number of hydrogen-bond donors (Lipinski definition) is 2. The first-order valence-electron chi connectivity index (χ1n) is 7.63. The number of amides is 1. The summed E-state index contributed by atoms with van der Waals surface area (Å²) in [5.74, 6) is 1.57. The van der Waals surface area contributed by atoms with E-state index >= 15 is 0 Å². The van der Waals surface area contributed by atoms with Crippen LogP contribution in [0.15, 0.2) is 18.2 Å². The smallest absolute Gasteiger partial charge is 0.233 e. The Morgan fingerprint density at radius 1 is 1.23 bits per heavy atom. The molecule has 2 N–H and O–H groups in total. The van der Waals surface area contributed by atoms with Crippen LogP contribution >= 0.6 is 0 Å². The molecule has 0 unspecified atom stereocenters. The molecule has 0 bridgehead atoms. The molecule has 0 radical (unpaired) electrons. The zero-order chi connectivity index (χ0) is 15.4. The maximum Gasteiger partial charge on any atom is 0.233 e. The number of carbonyl (C=O) groups is 1. The van der Waals surface area contributed by atoms with Gasteiger partial charge in [0.2, 0.25) is 12.7 Å². The van der Waals surface area contributed by atoms with E-state index in [2.05, 4.69) is 16.7 Å². The summed E-state index contributed by atoms with van der Waals surface area (Å²) < 4.78 is 16.4. The summed E-state index contributed by atoms with van der Waals surface area (Å²) in [7, 11) is 1.77. The van der Waals surface area contributed by atoms with E-state index in [9.17, 15) is 4.79 Å². The highest BCUT2D eigenvalue weighted by molar-refractivity contribution is 5.78. The van der Waals surface area contributed by atoms with Gasteiger partial charge < -0.3 is 24.8 Å². The Labute approximate surface area is 130 Å². The predicted molar refractivity (Wildman–Crippen MR) is 81.2 cm³/mol. The molecule has 0 spiro atoms. The number of benzene rings is 1. The van der Waals surface area contributed by atoms with E-state index in [4.69, 9.17) is 14.2 Å². The van der Waals surface area contributed by atoms with Crippen LogP contribution in [-0.4, -0.2) is 46.1 Å². The molecule has 22 heavy (non-hydrogen) atoms. The molecule has 1 amide bonds. The van der Waals surface area contributed by atoms with Gasteiger partial charge in [-0.1, -0.05) is 6.07 Å². The number of fused-ring (bicyclic) bond motifs is 1. The van der Waals surface area contributed by atoms with E-state index in [-0.39, 0.29) is 18.1 Å². The quantitative estimate of drug-likeness (QED) is 0.842. The van der Waals surface area contributed by atoms with Crippen molar-refractivity contribution in [1.29, 1.82) is 0 Å². The zero-order valence-corrected chi connectivity index (χ0v) is 12.8. The second-order valence-electron chi connectivity index (χ2n) is 5.77. The monoisotopic (exact) mass is 306 g/mol. The molecule has 1 fully saturated rings. The third kappa shape index (κ3) is 3.03. The van der Waals surface area contributed by atoms with Crippen molar-refractivity contribution in [3.05, 3.63) is 23.8 Å². The van der Waals surface area contributed by atoms with E-state index < -0.39 is 0 Å². The lowest BCUT2D eigenvalue weighted by atomic mass is 9.74. The molecule has 2 aliphatic heterocycles. The van der Waals surface area contributed by atoms with Crippen LogP contribution in [0.25, 0.3) is 0 Å². The molecule has 0 aromatic heterocycles. The van der Waals surface area contributed by atoms with E-state index in [1.165, 1.54) is 5.56 Å². The average molecular weight is 306 g/mol. The molecular formula is C16H22N2O4. The fourth-order valence-corrected chi connectivity index (χ4v) is 3.05. The van der Waals surface area contributed by atoms with Gasteiger partial charge in [-0.2, -0.15) is 0 Å². The van der Waals surface area contributed by atoms with Crippen molar-refractivity contribution >= 4 is 5.91 Å². The highest BCUT2D eigenvalue weighted by Gasteiger charge is 2.36. The number of nitrogens with one attached hydrogen (secondary N) is 2. The van der Waals surface area contributed by atoms with Crippen LogP contribution in [0.5, 0.6) is 11.5 Å². The molecule has 0 saturated carbocycles. The van der Waals surface area contributed by atoms with Crippen molar-refractivity contribution in [3.8, 4) is 11.5 Å². The van der Waals surface area contributed by atoms with Crippen molar-refractivity contribution in [1.82, 2.24) is 10.6 Å². The van der Waals surface area contributed by atoms with Gasteiger partial charge in [-0.3, -0.25) is 4.79 Å². The van der Waals surface area contributed by atoms with Crippen LogP contribution < -0.4 is 20.1 Å². The van der Waals surface area contributed by atoms with Crippen molar-refractivity contribution in [2.45, 2.75) is 18.3 Å². The summed E-state index contributed by atoms with van der Waals surface area (Å²) in [5, 5.41) is 5.90. The number of likely N-dealkylation sites (N-methyl/N-ethyl adjacent to an activating group) is 1. The van der Waals surface area contributed by atoms with Crippen molar-refractivity contribution in [2.75, 3.05) is 40.1 Å². The minimum atomic E-state index is -0.109. The Morgan fingerprint density at radius 3 is 2.77 bits per heavy atom. The van der Waals surface area contributed by atoms with Gasteiger partial charge in [-0.15, -0.1) is 0 Å². The molecule has 1 aromatic rings. The van der Waals surface area contributed by atoms with E-state index in [1.807, 2.05) is 12.1 Å². The predicted octanol–water partition coefficient (Wildman–Crippen LogP) is 0.799. The number of rotatable bonds is 5. The Kier molecular flexibility index (Phi) is 4.49. The summed E-state index contributed by atoms with van der Waals surface area (Å²) >= 11 is 0. The molecule has 1 saturated heterocycles. The fourth-order valence-electron chi connectivity index (χ4n) is 3.05. The molecule has 6 heteroatoms. The van der Waals surface area contributed by atoms with Gasteiger partial charge in [0.25, 0.3) is 0 Å². The molecule has 1 aromatic carbocycles. The van der Waals surface area contributed by atoms with Crippen molar-refractivity contribution in [3.63, 3.8) is 0 Å². The summed E-state index contributed by atoms with van der Waals surface area (Å²) in [6.45, 7) is 2.62. The summed E-state index contributed by atoms with van der Waals surface area (Å²) in [6, 6.07) is 6.06. The van der Waals surface area contributed by atoms with Gasteiger partial charge >= 0.3 is 0 Å². The minimum absolute atomic E-state index is 0.00844. The molecule has 2 aliphatic rings. The summed E-state index contributed by atoms with van der Waals surface area (Å²) in [4.78, 5) is 11.8. The van der Waals surface area contributed by atoms with E-state index in [1.54, 1.807) is 7.05 Å². The van der Waals surface area contributed by atoms with Gasteiger partial charge in [0.1, 0.15) is 0 Å². The molecule has 2 heterocycles. The molecule has 3 rings (SSSR count). The van der Waals surface area contributed by atoms with Gasteiger partial charge in [-0.25, -0.2) is 0 Å². The topological polar surface area (TPSA) is 68.8 Å². The number of hydrogen-bond acceptors (Lipinski definition) is 5. The van der Waals surface area contributed by atoms with Crippen LogP contribution in [-0.2, 0) is 14.9 Å². The van der Waals surface area contributed by atoms with Crippen LogP contribution in [0.3, 0.4) is 0 Å². The third-order valence-corrected chi connectivity index (χ3v) is 4.40. The summed E-state index contributed by atoms with van der Waals surface area (Å²) in [6.07, 6.45) is 1.76. The molecule has 0 atom stereocenters. The lowest BCUT2D eigenvalue weighted by Crippen LogP contribution is -2.46. The maximum absolute atomic E-state index is 11.8. The van der Waals surface area contributed by atoms with Crippen LogP contribution in [0, 0.1) is 0 Å². The lowest BCUT2D eigenvalue weighted by molar-refractivity contribution is -0.120. The highest BCUT2D eigenvalue weighted by Crippen LogP contribution is 2.40. The largest absolute Gasteiger partial charge is 0.454 e. The lowest BCUT2D eigenvalue weighted by Gasteiger charge is -2.38. The van der Waals surface area contributed by atoms with E-state index in [0.717, 1.165) is 24.3 Å². The van der Waals surface area contributed by atoms with Crippen LogP contribution in [0.1, 0.15) is 18.4 Å². The Hall–Kier alpha value is -1.79. The Bertz CT molecular complexity index is 541. The van der Waals surface area contributed by atoms with E-state index in [0.29, 0.717) is 26.3 Å². The van der Waals surface area contributed by atoms with Crippen LogP contribution in [0.2, 0.25) is 0 Å². The first-order chi connectivity index (χ1) is 10.7. The molecule has 120 valence electrons. The second-order valence-corrected chi connectivity index (χ2v) is 5.77. The Morgan fingerprint density at radius 2 is 2.00 bits per heavy atom. The SMILES string of the molecule is CNCC(=O)NCC1(c2ccc3c(c2)OCO3)CCOCC1. The summed E-state index contributed by atoms with van der Waals surface area (Å²) in [5.41, 5.74) is 1.06. The number of carbonyl (C=O) groups excluding carboxylic acids is 1. The second kappa shape index (κ2) is 6.54. The van der Waals surface area contributed by atoms with Crippen molar-refractivity contribution in [2.24, 2.45) is 0 Å². The first-order valence-corrected chi connectivity index (χ1v) is 7.63. The highest BCUT2D eigenvalue weighted by atomic mass is 16.7. The minimum Gasteiger partial charge on any atom is -0.454 e.